The number of aryl methyl sites for hydroxylation is 4. The number of aromatic nitrogens is 2. The first-order chi connectivity index (χ1) is 17.7. The smallest absolute Gasteiger partial charge is 0.354 e. The molecule has 2 aromatic carbocycles. The number of pyridine rings is 1. The van der Waals surface area contributed by atoms with Crippen molar-refractivity contribution < 1.29 is 17.9 Å². The summed E-state index contributed by atoms with van der Waals surface area (Å²) in [5.74, 6) is -0.436. The summed E-state index contributed by atoms with van der Waals surface area (Å²) in [6.45, 7) is 6.46. The average molecular weight is 517 g/mol. The van der Waals surface area contributed by atoms with Crippen LogP contribution in [0, 0.1) is 13.8 Å². The number of sulfone groups is 1. The Balaban J connectivity index is 1.68. The van der Waals surface area contributed by atoms with Gasteiger partial charge in [0.2, 0.25) is 9.84 Å². The molecular weight excluding hydrogens is 488 g/mol. The van der Waals surface area contributed by atoms with Gasteiger partial charge in [0.05, 0.1) is 22.9 Å². The molecule has 4 aromatic rings. The van der Waals surface area contributed by atoms with Gasteiger partial charge in [-0.05, 0) is 80.1 Å². The lowest BCUT2D eigenvalue weighted by molar-refractivity contribution is 0.0514. The largest absolute Gasteiger partial charge is 0.461 e. The highest BCUT2D eigenvalue weighted by molar-refractivity contribution is 7.91. The summed E-state index contributed by atoms with van der Waals surface area (Å²) in [4.78, 5) is 28.8. The second-order valence-electron chi connectivity index (χ2n) is 9.32. The standard InChI is InChI=1S/C29H28N2O5S/c1-4-36-29(33)24-15-21-13-12-20-16-25(37(34,35)23-8-6-5-7-9-23)28(32)30-26(20)27(21)31(24)17-22-11-10-18(2)14-19(22)3/h5-11,14-16H,4,12-13,17H2,1-3H3,(H,30,32). The van der Waals surface area contributed by atoms with Gasteiger partial charge in [0.25, 0.3) is 5.56 Å². The van der Waals surface area contributed by atoms with Gasteiger partial charge in [-0.2, -0.15) is 0 Å². The summed E-state index contributed by atoms with van der Waals surface area (Å²) < 4.78 is 33.7. The van der Waals surface area contributed by atoms with E-state index in [1.807, 2.05) is 36.6 Å². The Bertz CT molecular complexity index is 1680. The lowest BCUT2D eigenvalue weighted by atomic mass is 9.94. The minimum absolute atomic E-state index is 0.0692. The van der Waals surface area contributed by atoms with Gasteiger partial charge >= 0.3 is 5.97 Å². The van der Waals surface area contributed by atoms with Crippen LogP contribution in [0.15, 0.2) is 75.2 Å². The number of hydrogen-bond acceptors (Lipinski definition) is 5. The fourth-order valence-electron chi connectivity index (χ4n) is 4.98. The third kappa shape index (κ3) is 4.42. The van der Waals surface area contributed by atoms with E-state index in [9.17, 15) is 18.0 Å². The van der Waals surface area contributed by atoms with Gasteiger partial charge in [-0.25, -0.2) is 13.2 Å². The molecule has 0 radical (unpaired) electrons. The molecule has 7 nitrogen and oxygen atoms in total. The fourth-order valence-corrected chi connectivity index (χ4v) is 6.34. The van der Waals surface area contributed by atoms with E-state index < -0.39 is 21.4 Å². The molecule has 2 heterocycles. The number of fused-ring (bicyclic) bond motifs is 3. The summed E-state index contributed by atoms with van der Waals surface area (Å²) in [6.07, 6.45) is 1.14. The lowest BCUT2D eigenvalue weighted by Gasteiger charge is -2.21. The van der Waals surface area contributed by atoms with Crippen LogP contribution in [-0.4, -0.2) is 30.5 Å². The molecule has 0 spiro atoms. The normalized spacial score (nSPS) is 12.6. The molecule has 0 amide bonds. The van der Waals surface area contributed by atoms with E-state index in [1.54, 1.807) is 25.1 Å². The van der Waals surface area contributed by atoms with Gasteiger partial charge < -0.3 is 14.3 Å². The molecule has 37 heavy (non-hydrogen) atoms. The lowest BCUT2D eigenvalue weighted by Crippen LogP contribution is -2.22. The molecule has 0 atom stereocenters. The zero-order chi connectivity index (χ0) is 26.3. The van der Waals surface area contributed by atoms with Crippen LogP contribution < -0.4 is 5.56 Å². The zero-order valence-corrected chi connectivity index (χ0v) is 21.8. The first-order valence-electron chi connectivity index (χ1n) is 12.2. The van der Waals surface area contributed by atoms with E-state index in [4.69, 9.17) is 4.74 Å². The Hall–Kier alpha value is -3.91. The molecule has 2 aromatic heterocycles. The predicted molar refractivity (Wildman–Crippen MR) is 141 cm³/mol. The maximum Gasteiger partial charge on any atom is 0.354 e. The summed E-state index contributed by atoms with van der Waals surface area (Å²) >= 11 is 0. The molecule has 0 saturated heterocycles. The van der Waals surface area contributed by atoms with Crippen molar-refractivity contribution in [2.75, 3.05) is 6.61 Å². The zero-order valence-electron chi connectivity index (χ0n) is 21.0. The highest BCUT2D eigenvalue weighted by Gasteiger charge is 2.30. The molecular formula is C29H28N2O5S. The fraction of sp³-hybridized carbons (Fsp3) is 0.241. The number of carbonyl (C=O) groups excluding carboxylic acids is 1. The van der Waals surface area contributed by atoms with Crippen molar-refractivity contribution in [3.8, 4) is 11.4 Å². The minimum atomic E-state index is -3.99. The Kier molecular flexibility index (Phi) is 6.37. The van der Waals surface area contributed by atoms with Crippen molar-refractivity contribution in [3.05, 3.63) is 105 Å². The number of H-pyrrole nitrogens is 1. The molecule has 0 bridgehead atoms. The van der Waals surface area contributed by atoms with Gasteiger partial charge in [-0.1, -0.05) is 42.0 Å². The molecule has 190 valence electrons. The summed E-state index contributed by atoms with van der Waals surface area (Å²) in [5.41, 5.74) is 5.87. The molecule has 1 aliphatic rings. The van der Waals surface area contributed by atoms with Crippen molar-refractivity contribution in [2.24, 2.45) is 0 Å². The van der Waals surface area contributed by atoms with Gasteiger partial charge in [0.1, 0.15) is 10.6 Å². The maximum atomic E-state index is 13.2. The Labute approximate surface area is 215 Å². The van der Waals surface area contributed by atoms with E-state index in [0.29, 0.717) is 36.5 Å². The molecule has 8 heteroatoms. The van der Waals surface area contributed by atoms with Crippen LogP contribution >= 0.6 is 0 Å². The Morgan fingerprint density at radius 2 is 1.73 bits per heavy atom. The van der Waals surface area contributed by atoms with Crippen LogP contribution in [0.5, 0.6) is 0 Å². The highest BCUT2D eigenvalue weighted by Crippen LogP contribution is 2.36. The van der Waals surface area contributed by atoms with Crippen molar-refractivity contribution in [3.63, 3.8) is 0 Å². The van der Waals surface area contributed by atoms with Crippen LogP contribution in [0.3, 0.4) is 0 Å². The van der Waals surface area contributed by atoms with Gasteiger partial charge in [-0.3, -0.25) is 4.79 Å². The Morgan fingerprint density at radius 3 is 2.43 bits per heavy atom. The van der Waals surface area contributed by atoms with Crippen molar-refractivity contribution in [2.45, 2.75) is 49.9 Å². The second kappa shape index (κ2) is 9.52. The predicted octanol–water partition coefficient (Wildman–Crippen LogP) is 4.62. The van der Waals surface area contributed by atoms with E-state index in [2.05, 4.69) is 11.1 Å². The van der Waals surface area contributed by atoms with Gasteiger partial charge in [0, 0.05) is 6.54 Å². The van der Waals surface area contributed by atoms with E-state index >= 15 is 0 Å². The summed E-state index contributed by atoms with van der Waals surface area (Å²) in [7, 11) is -3.99. The van der Waals surface area contributed by atoms with Crippen LogP contribution in [-0.2, 0) is 34.0 Å². The average Bonchev–Trinajstić information content (AvgIpc) is 3.25. The molecule has 1 N–H and O–H groups in total. The van der Waals surface area contributed by atoms with Crippen molar-refractivity contribution >= 4 is 15.8 Å². The number of benzene rings is 2. The maximum absolute atomic E-state index is 13.2. The Morgan fingerprint density at radius 1 is 1.00 bits per heavy atom. The van der Waals surface area contributed by atoms with Crippen molar-refractivity contribution in [1.29, 1.82) is 0 Å². The second-order valence-corrected chi connectivity index (χ2v) is 11.2. The summed E-state index contributed by atoms with van der Waals surface area (Å²) in [5, 5.41) is 0. The number of ether oxygens (including phenoxy) is 1. The van der Waals surface area contributed by atoms with Crippen LogP contribution in [0.4, 0.5) is 0 Å². The van der Waals surface area contributed by atoms with Crippen LogP contribution in [0.2, 0.25) is 0 Å². The molecule has 1 aliphatic carbocycles. The van der Waals surface area contributed by atoms with Gasteiger partial charge in [-0.15, -0.1) is 0 Å². The van der Waals surface area contributed by atoms with E-state index in [-0.39, 0.29) is 16.4 Å². The first kappa shape index (κ1) is 24.8. The van der Waals surface area contributed by atoms with Crippen molar-refractivity contribution in [1.82, 2.24) is 9.55 Å². The van der Waals surface area contributed by atoms with E-state index in [0.717, 1.165) is 27.8 Å². The number of rotatable bonds is 6. The quantitative estimate of drug-likeness (QED) is 0.377. The number of esters is 1. The molecule has 5 rings (SSSR count). The molecule has 0 unspecified atom stereocenters. The number of aromatic amines is 1. The SMILES string of the molecule is CCOC(=O)c1cc2c(n1Cc1ccc(C)cc1C)-c1[nH]c(=O)c(S(=O)(=O)c3ccccc3)cc1CC2. The van der Waals surface area contributed by atoms with E-state index in [1.165, 1.54) is 18.2 Å². The third-order valence-electron chi connectivity index (χ3n) is 6.82. The van der Waals surface area contributed by atoms with Crippen LogP contribution in [0.1, 0.15) is 45.2 Å². The monoisotopic (exact) mass is 516 g/mol. The molecule has 0 fully saturated rings. The molecule has 0 aliphatic heterocycles. The number of carbonyl (C=O) groups is 1. The highest BCUT2D eigenvalue weighted by atomic mass is 32.2. The number of nitrogens with one attached hydrogen (secondary N) is 1. The minimum Gasteiger partial charge on any atom is -0.461 e. The van der Waals surface area contributed by atoms with Crippen LogP contribution in [0.25, 0.3) is 11.4 Å². The first-order valence-corrected chi connectivity index (χ1v) is 13.7. The van der Waals surface area contributed by atoms with Gasteiger partial charge in [0.15, 0.2) is 0 Å². The molecule has 0 saturated carbocycles. The third-order valence-corrected chi connectivity index (χ3v) is 8.59. The topological polar surface area (TPSA) is 98.2 Å². The number of hydrogen-bond donors (Lipinski definition) is 1. The summed E-state index contributed by atoms with van der Waals surface area (Å²) in [6, 6.07) is 17.4. The number of nitrogens with zero attached hydrogens (tertiary/aromatic N) is 1.